The number of piperidine rings is 1. The maximum atomic E-state index is 14.5. The van der Waals surface area contributed by atoms with Crippen molar-refractivity contribution in [3.05, 3.63) is 100 Å². The highest BCUT2D eigenvalue weighted by Crippen LogP contribution is 2.68. The zero-order chi connectivity index (χ0) is 36.3. The molecule has 0 aromatic heterocycles. The van der Waals surface area contributed by atoms with Crippen LogP contribution in [0.5, 0.6) is 0 Å². The van der Waals surface area contributed by atoms with Gasteiger partial charge in [0.1, 0.15) is 17.4 Å². The van der Waals surface area contributed by atoms with Gasteiger partial charge in [-0.2, -0.15) is 13.2 Å². The molecule has 4 fully saturated rings. The highest BCUT2D eigenvalue weighted by atomic mass is 19.4. The van der Waals surface area contributed by atoms with Crippen molar-refractivity contribution in [1.29, 1.82) is 0 Å². The van der Waals surface area contributed by atoms with Gasteiger partial charge in [0.25, 0.3) is 5.91 Å². The number of likely N-dealkylation sites (tertiary alicyclic amines) is 1. The number of carbonyl (C=O) groups is 2. The second kappa shape index (κ2) is 13.2. The van der Waals surface area contributed by atoms with Gasteiger partial charge in [-0.25, -0.2) is 0 Å². The fourth-order valence-corrected chi connectivity index (χ4v) is 10.8. The van der Waals surface area contributed by atoms with Crippen LogP contribution >= 0.6 is 0 Å². The molecular weight excluding hydrogens is 669 g/mol. The molecule has 2 aromatic carbocycles. The quantitative estimate of drug-likeness (QED) is 0.0818. The molecule has 1 spiro atoms. The molecule has 2 aliphatic heterocycles. The lowest BCUT2D eigenvalue weighted by Crippen LogP contribution is -2.71. The number of carbonyl (C=O) groups excluding carboxylic acids is 2. The number of nitrogens with one attached hydrogen (secondary N) is 1. The van der Waals surface area contributed by atoms with Gasteiger partial charge in [0.2, 0.25) is 5.72 Å². The predicted molar refractivity (Wildman–Crippen MR) is 189 cm³/mol. The number of halogens is 3. The molecule has 7 atom stereocenters. The van der Waals surface area contributed by atoms with Gasteiger partial charge in [-0.05, 0) is 67.7 Å². The number of benzene rings is 2. The number of amides is 1. The van der Waals surface area contributed by atoms with Crippen LogP contribution in [0.1, 0.15) is 75.8 Å². The Labute approximate surface area is 303 Å². The number of hydrogen-bond acceptors (Lipinski definition) is 5. The third-order valence-corrected chi connectivity index (χ3v) is 13.0. The van der Waals surface area contributed by atoms with E-state index >= 15 is 0 Å². The molecule has 7 nitrogen and oxygen atoms in total. The molecule has 2 bridgehead atoms. The van der Waals surface area contributed by atoms with Crippen LogP contribution in [0.25, 0.3) is 6.08 Å². The Hall–Kier alpha value is -3.89. The Morgan fingerprint density at radius 2 is 1.77 bits per heavy atom. The number of esters is 1. The average Bonchev–Trinajstić information content (AvgIpc) is 3.86. The summed E-state index contributed by atoms with van der Waals surface area (Å²) in [6, 6.07) is 18.7. The van der Waals surface area contributed by atoms with Crippen LogP contribution in [-0.4, -0.2) is 71.3 Å². The van der Waals surface area contributed by atoms with Crippen molar-refractivity contribution in [2.75, 3.05) is 19.6 Å². The molecule has 2 saturated carbocycles. The van der Waals surface area contributed by atoms with E-state index < -0.39 is 40.9 Å². The van der Waals surface area contributed by atoms with Crippen molar-refractivity contribution >= 4 is 18.0 Å². The first-order chi connectivity index (χ1) is 24.9. The molecule has 4 aliphatic carbocycles. The number of nitrogens with zero attached hydrogens (tertiary/aromatic N) is 1. The Bertz CT molecular complexity index is 1800. The summed E-state index contributed by atoms with van der Waals surface area (Å²) in [5, 5.41) is 14.4. The molecule has 2 aromatic rings. The molecule has 1 amide bonds. The molecular formula is C42H48F3N2O5+. The summed E-state index contributed by atoms with van der Waals surface area (Å²) in [4.78, 5) is 26.5. The number of rotatable bonds is 11. The first-order valence-corrected chi connectivity index (χ1v) is 19.0. The first kappa shape index (κ1) is 35.2. The number of ether oxygens (including phenoxy) is 2. The molecule has 52 heavy (non-hydrogen) atoms. The SMILES string of the molecule is CC(=O)OC1(NC(=O)C(=Cc2ccccc2)C(F)(F)F)C=C(O)C2=C3C1O[C@H]1CCC[C@H]4[C@@H](C2)[N+](CCCCc2ccccc2)(CC2CC2)CC[C@]314. The number of alkyl halides is 3. The van der Waals surface area contributed by atoms with E-state index in [1.807, 2.05) is 6.07 Å². The molecule has 0 radical (unpaired) electrons. The number of aliphatic hydroxyl groups excluding tert-OH is 1. The minimum atomic E-state index is -5.01. The largest absolute Gasteiger partial charge is 0.508 e. The van der Waals surface area contributed by atoms with Gasteiger partial charge in [-0.1, -0.05) is 67.1 Å². The molecule has 8 rings (SSSR count). The van der Waals surface area contributed by atoms with Gasteiger partial charge in [0, 0.05) is 48.7 Å². The van der Waals surface area contributed by atoms with Crippen molar-refractivity contribution < 1.29 is 41.8 Å². The summed E-state index contributed by atoms with van der Waals surface area (Å²) in [5.74, 6) is -1.47. The van der Waals surface area contributed by atoms with Gasteiger partial charge in [0.05, 0.1) is 31.8 Å². The topological polar surface area (TPSA) is 84.9 Å². The number of unbranched alkanes of at least 4 members (excludes halogenated alkanes) is 1. The third kappa shape index (κ3) is 6.09. The lowest BCUT2D eigenvalue weighted by atomic mass is 9.49. The van der Waals surface area contributed by atoms with Gasteiger partial charge >= 0.3 is 12.1 Å². The van der Waals surface area contributed by atoms with Gasteiger partial charge in [0.15, 0.2) is 0 Å². The lowest BCUT2D eigenvalue weighted by molar-refractivity contribution is -0.964. The standard InChI is InChI=1S/C42H47F3N2O5/c1-27(48)52-41(46-39(50)33(42(43,44)45)23-29-14-6-3-7-15-29)25-35(49)31-24-34-32-16-10-17-36-40(32,37(31)38(41)51-36)20-22-47(34,26-30-18-19-30)21-9-8-13-28-11-4-2-5-12-28/h2-7,11-12,14-15,23,25,30,32,34,36,38H,8-10,13,16-22,24,26H2,1H3,(H-,46,49,50)/p+1/t32-,34+,36-,38?,40+,41?,47?/m0/s1. The predicted octanol–water partition coefficient (Wildman–Crippen LogP) is 7.74. The van der Waals surface area contributed by atoms with E-state index in [1.54, 1.807) is 18.2 Å². The monoisotopic (exact) mass is 717 g/mol. The number of aliphatic hydroxyl groups is 1. The van der Waals surface area contributed by atoms with Crippen LogP contribution in [0.2, 0.25) is 0 Å². The van der Waals surface area contributed by atoms with E-state index in [1.165, 1.54) is 36.6 Å². The smallest absolute Gasteiger partial charge is 0.421 e. The summed E-state index contributed by atoms with van der Waals surface area (Å²) in [7, 11) is 0. The second-order valence-electron chi connectivity index (χ2n) is 16.1. The summed E-state index contributed by atoms with van der Waals surface area (Å²) in [6.45, 7) is 4.31. The van der Waals surface area contributed by atoms with E-state index in [9.17, 15) is 27.9 Å². The van der Waals surface area contributed by atoms with E-state index in [4.69, 9.17) is 9.47 Å². The van der Waals surface area contributed by atoms with Crippen LogP contribution in [0.3, 0.4) is 0 Å². The molecule has 6 aliphatic rings. The summed E-state index contributed by atoms with van der Waals surface area (Å²) < 4.78 is 57.2. The Balaban J connectivity index is 1.15. The molecule has 3 unspecified atom stereocenters. The fourth-order valence-electron chi connectivity index (χ4n) is 10.8. The number of allylic oxidation sites excluding steroid dienone is 1. The fraction of sp³-hybridized carbons (Fsp3) is 0.524. The zero-order valence-electron chi connectivity index (χ0n) is 29.7. The van der Waals surface area contributed by atoms with Gasteiger partial charge in [-0.15, -0.1) is 0 Å². The van der Waals surface area contributed by atoms with Gasteiger partial charge in [-0.3, -0.25) is 9.59 Å². The van der Waals surface area contributed by atoms with Crippen LogP contribution in [0.4, 0.5) is 13.2 Å². The van der Waals surface area contributed by atoms with E-state index in [0.717, 1.165) is 93.2 Å². The molecule has 276 valence electrons. The Kier molecular flexibility index (Phi) is 8.92. The third-order valence-electron chi connectivity index (χ3n) is 13.0. The summed E-state index contributed by atoms with van der Waals surface area (Å²) in [5.41, 5.74) is -0.951. The van der Waals surface area contributed by atoms with Crippen LogP contribution in [0, 0.1) is 17.3 Å². The van der Waals surface area contributed by atoms with Crippen LogP contribution < -0.4 is 5.32 Å². The van der Waals surface area contributed by atoms with Crippen molar-refractivity contribution in [3.63, 3.8) is 0 Å². The summed E-state index contributed by atoms with van der Waals surface area (Å²) in [6.07, 6.45) is 5.57. The minimum Gasteiger partial charge on any atom is -0.508 e. The average molecular weight is 718 g/mol. The van der Waals surface area contributed by atoms with E-state index in [-0.39, 0.29) is 29.4 Å². The summed E-state index contributed by atoms with van der Waals surface area (Å²) >= 11 is 0. The number of aryl methyl sites for hydroxylation is 1. The number of hydrogen-bond donors (Lipinski definition) is 2. The maximum absolute atomic E-state index is 14.5. The van der Waals surface area contributed by atoms with Crippen molar-refractivity contribution in [2.24, 2.45) is 17.3 Å². The van der Waals surface area contributed by atoms with Crippen LogP contribution in [0.15, 0.2) is 89.2 Å². The van der Waals surface area contributed by atoms with E-state index in [0.29, 0.717) is 12.3 Å². The lowest BCUT2D eigenvalue weighted by Gasteiger charge is -2.63. The molecule has 2 heterocycles. The zero-order valence-corrected chi connectivity index (χ0v) is 29.7. The van der Waals surface area contributed by atoms with Crippen LogP contribution in [-0.2, 0) is 25.5 Å². The van der Waals surface area contributed by atoms with Crippen molar-refractivity contribution in [2.45, 2.75) is 101 Å². The second-order valence-corrected chi connectivity index (χ2v) is 16.1. The van der Waals surface area contributed by atoms with Crippen molar-refractivity contribution in [3.8, 4) is 0 Å². The van der Waals surface area contributed by atoms with Gasteiger partial charge < -0.3 is 24.4 Å². The first-order valence-electron chi connectivity index (χ1n) is 19.0. The minimum absolute atomic E-state index is 0.151. The van der Waals surface area contributed by atoms with Crippen molar-refractivity contribution in [1.82, 2.24) is 5.32 Å². The maximum Gasteiger partial charge on any atom is 0.421 e. The molecule has 2 saturated heterocycles. The Morgan fingerprint density at radius 3 is 2.46 bits per heavy atom. The highest BCUT2D eigenvalue weighted by molar-refractivity contribution is 6.00. The molecule has 10 heteroatoms. The number of quaternary nitrogens is 1. The Morgan fingerprint density at radius 1 is 1.04 bits per heavy atom. The highest BCUT2D eigenvalue weighted by Gasteiger charge is 2.73. The van der Waals surface area contributed by atoms with E-state index in [2.05, 4.69) is 29.6 Å². The normalized spacial score (nSPS) is 33.6. The molecule has 2 N–H and O–H groups in total.